The smallest absolute Gasteiger partial charge is 0.134 e. The Kier molecular flexibility index (Phi) is 6.15. The van der Waals surface area contributed by atoms with E-state index in [0.717, 1.165) is 21.1 Å². The molecule has 0 radical (unpaired) electrons. The van der Waals surface area contributed by atoms with Crippen LogP contribution in [0, 0.1) is 11.3 Å². The van der Waals surface area contributed by atoms with Gasteiger partial charge in [-0.05, 0) is 109 Å². The lowest BCUT2D eigenvalue weighted by Gasteiger charge is -2.23. The Balaban J connectivity index is 1.15. The number of rotatable bonds is 2. The third kappa shape index (κ3) is 4.24. The zero-order valence-electron chi connectivity index (χ0n) is 26.8. The number of fused-ring (bicyclic) bond motifs is 8. The van der Waals surface area contributed by atoms with Gasteiger partial charge in [0.05, 0.1) is 22.7 Å². The van der Waals surface area contributed by atoms with E-state index in [0.29, 0.717) is 5.56 Å². The topological polar surface area (TPSA) is 49.6 Å². The van der Waals surface area contributed by atoms with Crippen LogP contribution in [0.25, 0.3) is 66.0 Å². The molecule has 0 amide bonds. The summed E-state index contributed by atoms with van der Waals surface area (Å²) in [6, 6.07) is 48.0. The quantitative estimate of drug-likeness (QED) is 0.173. The molecule has 2 heterocycles. The molecule has 0 atom stereocenters. The highest BCUT2D eigenvalue weighted by Gasteiger charge is 2.36. The lowest BCUT2D eigenvalue weighted by atomic mass is 9.80. The minimum atomic E-state index is -0.215. The number of hydrogen-bond donors (Lipinski definition) is 0. The summed E-state index contributed by atoms with van der Waals surface area (Å²) in [6.45, 7) is 4.56. The predicted molar refractivity (Wildman–Crippen MR) is 202 cm³/mol. The largest absolute Gasteiger partial charge is 0.237 e. The van der Waals surface area contributed by atoms with Crippen molar-refractivity contribution in [3.8, 4) is 39.4 Å². The second kappa shape index (κ2) is 10.5. The number of hydrogen-bond acceptors (Lipinski definition) is 5. The molecule has 1 aliphatic heterocycles. The standard InChI is InChI=1S/C44H27N3S2/c1-44(2)34-21-25(24-45)15-18-28(34)29-19-16-26(22-35(29)44)40-30-9-3-5-11-32(30)41(33-12-6-4-10-31(33)40)27-17-20-38-39(23-27)49-43-42(48-38)46-36-13-7-8-14-37(36)47-43/h3-23H,1-2H3. The normalized spacial score (nSPS) is 13.9. The van der Waals surface area contributed by atoms with E-state index in [1.807, 2.05) is 30.3 Å². The minimum absolute atomic E-state index is 0.215. The lowest BCUT2D eigenvalue weighted by molar-refractivity contribution is 0.660. The van der Waals surface area contributed by atoms with E-state index in [1.165, 1.54) is 75.8 Å². The number of para-hydroxylation sites is 2. The average Bonchev–Trinajstić information content (AvgIpc) is 3.36. The summed E-state index contributed by atoms with van der Waals surface area (Å²) >= 11 is 3.42. The van der Waals surface area contributed by atoms with E-state index in [9.17, 15) is 5.26 Å². The predicted octanol–water partition coefficient (Wildman–Crippen LogP) is 12.1. The van der Waals surface area contributed by atoms with E-state index in [4.69, 9.17) is 9.97 Å². The van der Waals surface area contributed by atoms with Crippen LogP contribution in [0.15, 0.2) is 147 Å². The second-order valence-corrected chi connectivity index (χ2v) is 15.3. The van der Waals surface area contributed by atoms with Crippen LogP contribution in [0.4, 0.5) is 0 Å². The molecule has 5 heteroatoms. The number of nitrogens with zero attached hydrogens (tertiary/aromatic N) is 3. The maximum absolute atomic E-state index is 9.63. The zero-order chi connectivity index (χ0) is 32.9. The summed E-state index contributed by atoms with van der Waals surface area (Å²) in [5.41, 5.74) is 12.2. The van der Waals surface area contributed by atoms with Gasteiger partial charge in [-0.15, -0.1) is 0 Å². The van der Waals surface area contributed by atoms with Crippen LogP contribution in [0.3, 0.4) is 0 Å². The van der Waals surface area contributed by atoms with Gasteiger partial charge < -0.3 is 0 Å². The molecule has 0 saturated carbocycles. The fourth-order valence-corrected chi connectivity index (χ4v) is 9.97. The van der Waals surface area contributed by atoms with Crippen LogP contribution in [0.1, 0.15) is 30.5 Å². The summed E-state index contributed by atoms with van der Waals surface area (Å²) in [4.78, 5) is 12.3. The third-order valence-electron chi connectivity index (χ3n) is 10.2. The molecule has 0 unspecified atom stereocenters. The summed E-state index contributed by atoms with van der Waals surface area (Å²) < 4.78 is 0. The molecule has 0 fully saturated rings. The Labute approximate surface area is 292 Å². The highest BCUT2D eigenvalue weighted by Crippen LogP contribution is 2.53. The second-order valence-electron chi connectivity index (χ2n) is 13.3. The molecule has 49 heavy (non-hydrogen) atoms. The Morgan fingerprint density at radius 3 is 1.61 bits per heavy atom. The van der Waals surface area contributed by atoms with Gasteiger partial charge in [0, 0.05) is 15.2 Å². The molecule has 8 aromatic rings. The van der Waals surface area contributed by atoms with E-state index in [1.54, 1.807) is 23.5 Å². The molecule has 0 N–H and O–H groups in total. The Morgan fingerprint density at radius 1 is 0.531 bits per heavy atom. The number of benzene rings is 7. The minimum Gasteiger partial charge on any atom is -0.237 e. The van der Waals surface area contributed by atoms with Crippen molar-refractivity contribution in [2.45, 2.75) is 39.1 Å². The van der Waals surface area contributed by atoms with Crippen molar-refractivity contribution >= 4 is 56.1 Å². The number of nitriles is 1. The third-order valence-corrected chi connectivity index (χ3v) is 12.5. The van der Waals surface area contributed by atoms with Crippen LogP contribution in [-0.2, 0) is 5.41 Å². The van der Waals surface area contributed by atoms with Gasteiger partial charge in [-0.1, -0.05) is 122 Å². The van der Waals surface area contributed by atoms with Crippen LogP contribution in [0.2, 0.25) is 0 Å². The fraction of sp³-hybridized carbons (Fsp3) is 0.0682. The molecular weight excluding hydrogens is 635 g/mol. The first-order chi connectivity index (χ1) is 24.0. The van der Waals surface area contributed by atoms with Gasteiger partial charge in [-0.25, -0.2) is 9.97 Å². The first kappa shape index (κ1) is 28.6. The van der Waals surface area contributed by atoms with Crippen molar-refractivity contribution in [3.63, 3.8) is 0 Å². The molecule has 3 nitrogen and oxygen atoms in total. The Bertz CT molecular complexity index is 2720. The summed E-state index contributed by atoms with van der Waals surface area (Å²) in [7, 11) is 0. The van der Waals surface area contributed by atoms with E-state index in [2.05, 4.69) is 117 Å². The fourth-order valence-electron chi connectivity index (χ4n) is 7.85. The van der Waals surface area contributed by atoms with Crippen molar-refractivity contribution in [2.75, 3.05) is 0 Å². The monoisotopic (exact) mass is 661 g/mol. The maximum Gasteiger partial charge on any atom is 0.134 e. The van der Waals surface area contributed by atoms with Crippen LogP contribution >= 0.6 is 23.5 Å². The van der Waals surface area contributed by atoms with Crippen LogP contribution in [-0.4, -0.2) is 9.97 Å². The first-order valence-electron chi connectivity index (χ1n) is 16.4. The van der Waals surface area contributed by atoms with Gasteiger partial charge in [0.1, 0.15) is 10.1 Å². The zero-order valence-corrected chi connectivity index (χ0v) is 28.4. The highest BCUT2D eigenvalue weighted by molar-refractivity contribution is 8.05. The van der Waals surface area contributed by atoms with Crippen molar-refractivity contribution in [3.05, 3.63) is 144 Å². The molecule has 1 aliphatic carbocycles. The maximum atomic E-state index is 9.63. The van der Waals surface area contributed by atoms with Gasteiger partial charge >= 0.3 is 0 Å². The molecule has 0 saturated heterocycles. The van der Waals surface area contributed by atoms with Crippen molar-refractivity contribution in [2.24, 2.45) is 0 Å². The summed E-state index contributed by atoms with van der Waals surface area (Å²) in [6.07, 6.45) is 0. The summed E-state index contributed by atoms with van der Waals surface area (Å²) in [5.74, 6) is 0. The van der Waals surface area contributed by atoms with Gasteiger partial charge in [0.15, 0.2) is 0 Å². The van der Waals surface area contributed by atoms with E-state index >= 15 is 0 Å². The first-order valence-corrected chi connectivity index (χ1v) is 18.0. The molecular formula is C44H27N3S2. The number of aromatic nitrogens is 2. The average molecular weight is 662 g/mol. The molecule has 0 bridgehead atoms. The van der Waals surface area contributed by atoms with E-state index in [-0.39, 0.29) is 5.41 Å². The Hall–Kier alpha value is -5.41. The van der Waals surface area contributed by atoms with Gasteiger partial charge in [0.25, 0.3) is 0 Å². The molecule has 10 rings (SSSR count). The van der Waals surface area contributed by atoms with Crippen molar-refractivity contribution in [1.82, 2.24) is 9.97 Å². The molecule has 2 aliphatic rings. The van der Waals surface area contributed by atoms with Crippen molar-refractivity contribution < 1.29 is 0 Å². The molecule has 230 valence electrons. The van der Waals surface area contributed by atoms with Crippen LogP contribution in [0.5, 0.6) is 0 Å². The Morgan fingerprint density at radius 2 is 1.02 bits per heavy atom. The lowest BCUT2D eigenvalue weighted by Crippen LogP contribution is -2.15. The van der Waals surface area contributed by atoms with Crippen molar-refractivity contribution in [1.29, 1.82) is 5.26 Å². The van der Waals surface area contributed by atoms with Gasteiger partial charge in [-0.3, -0.25) is 0 Å². The van der Waals surface area contributed by atoms with E-state index < -0.39 is 0 Å². The van der Waals surface area contributed by atoms with Crippen LogP contribution < -0.4 is 0 Å². The summed E-state index contributed by atoms with van der Waals surface area (Å²) in [5, 5.41) is 16.5. The SMILES string of the molecule is CC1(C)c2cc(C#N)ccc2-c2ccc(-c3c4ccccc4c(-c4ccc5c(c4)Sc4nc6ccccc6nc4S5)c4ccccc34)cc21. The molecule has 0 spiro atoms. The van der Waals surface area contributed by atoms with Gasteiger partial charge in [-0.2, -0.15) is 5.26 Å². The highest BCUT2D eigenvalue weighted by atomic mass is 32.2. The van der Waals surface area contributed by atoms with Gasteiger partial charge in [0.2, 0.25) is 0 Å². The molecule has 7 aromatic carbocycles. The molecule has 1 aromatic heterocycles.